The standard InChI is InChI=1S/C9H15N3O2/c13-8-3-6(1-2-11-8)9(14)12-7-4-10-5-7/h6-7,10H,1-5H2,(H,11,13)(H,12,14). The van der Waals surface area contributed by atoms with E-state index in [4.69, 9.17) is 0 Å². The van der Waals surface area contributed by atoms with Crippen LogP contribution in [-0.2, 0) is 9.59 Å². The number of carbonyl (C=O) groups is 2. The number of nitrogens with one attached hydrogen (secondary N) is 3. The van der Waals surface area contributed by atoms with Crippen molar-refractivity contribution in [1.82, 2.24) is 16.0 Å². The van der Waals surface area contributed by atoms with Gasteiger partial charge in [-0.05, 0) is 6.42 Å². The van der Waals surface area contributed by atoms with Gasteiger partial charge < -0.3 is 16.0 Å². The third-order valence-corrected chi connectivity index (χ3v) is 2.75. The predicted molar refractivity (Wildman–Crippen MR) is 50.5 cm³/mol. The van der Waals surface area contributed by atoms with Gasteiger partial charge in [-0.3, -0.25) is 9.59 Å². The van der Waals surface area contributed by atoms with E-state index in [-0.39, 0.29) is 23.8 Å². The summed E-state index contributed by atoms with van der Waals surface area (Å²) in [7, 11) is 0. The Hall–Kier alpha value is -1.10. The zero-order valence-electron chi connectivity index (χ0n) is 8.01. The highest BCUT2D eigenvalue weighted by Crippen LogP contribution is 2.12. The molecule has 2 aliphatic heterocycles. The average Bonchev–Trinajstić information content (AvgIpc) is 2.11. The van der Waals surface area contributed by atoms with Crippen molar-refractivity contribution in [1.29, 1.82) is 0 Å². The van der Waals surface area contributed by atoms with Crippen molar-refractivity contribution < 1.29 is 9.59 Å². The van der Waals surface area contributed by atoms with Gasteiger partial charge in [0.2, 0.25) is 11.8 Å². The van der Waals surface area contributed by atoms with E-state index >= 15 is 0 Å². The molecule has 0 aromatic heterocycles. The van der Waals surface area contributed by atoms with Gasteiger partial charge in [0.05, 0.1) is 6.04 Å². The topological polar surface area (TPSA) is 70.2 Å². The lowest BCUT2D eigenvalue weighted by Crippen LogP contribution is -2.58. The summed E-state index contributed by atoms with van der Waals surface area (Å²) in [5.74, 6) is -0.0983. The van der Waals surface area contributed by atoms with Crippen molar-refractivity contribution in [2.45, 2.75) is 18.9 Å². The molecule has 78 valence electrons. The SMILES string of the molecule is O=C1CC(C(=O)NC2CNC2)CCN1. The van der Waals surface area contributed by atoms with E-state index in [1.165, 1.54) is 0 Å². The van der Waals surface area contributed by atoms with Crippen LogP contribution < -0.4 is 16.0 Å². The Bertz CT molecular complexity index is 250. The minimum atomic E-state index is -0.121. The number of carbonyl (C=O) groups excluding carboxylic acids is 2. The molecule has 5 heteroatoms. The van der Waals surface area contributed by atoms with Crippen molar-refractivity contribution in [2.75, 3.05) is 19.6 Å². The zero-order valence-corrected chi connectivity index (χ0v) is 8.01. The number of rotatable bonds is 2. The summed E-state index contributed by atoms with van der Waals surface area (Å²) < 4.78 is 0. The van der Waals surface area contributed by atoms with Crippen LogP contribution in [0.2, 0.25) is 0 Å². The van der Waals surface area contributed by atoms with E-state index < -0.39 is 0 Å². The molecular formula is C9H15N3O2. The molecule has 2 rings (SSSR count). The second-order valence-corrected chi connectivity index (χ2v) is 3.90. The monoisotopic (exact) mass is 197 g/mol. The quantitative estimate of drug-likeness (QED) is 0.510. The van der Waals surface area contributed by atoms with Gasteiger partial charge in [0.25, 0.3) is 0 Å². The van der Waals surface area contributed by atoms with Crippen LogP contribution in [0.3, 0.4) is 0 Å². The lowest BCUT2D eigenvalue weighted by atomic mass is 9.96. The van der Waals surface area contributed by atoms with Gasteiger partial charge >= 0.3 is 0 Å². The molecule has 1 unspecified atom stereocenters. The number of hydrogen-bond donors (Lipinski definition) is 3. The fourth-order valence-corrected chi connectivity index (χ4v) is 1.72. The van der Waals surface area contributed by atoms with Gasteiger partial charge in [-0.2, -0.15) is 0 Å². The molecule has 0 saturated carbocycles. The second kappa shape index (κ2) is 3.96. The van der Waals surface area contributed by atoms with E-state index in [1.807, 2.05) is 0 Å². The summed E-state index contributed by atoms with van der Waals surface area (Å²) in [6.45, 7) is 2.33. The zero-order chi connectivity index (χ0) is 9.97. The van der Waals surface area contributed by atoms with Crippen molar-refractivity contribution in [2.24, 2.45) is 5.92 Å². The maximum absolute atomic E-state index is 11.6. The Balaban J connectivity index is 1.80. The Kier molecular flexibility index (Phi) is 2.67. The first-order valence-electron chi connectivity index (χ1n) is 5.03. The van der Waals surface area contributed by atoms with Crippen LogP contribution in [0.1, 0.15) is 12.8 Å². The van der Waals surface area contributed by atoms with E-state index in [2.05, 4.69) is 16.0 Å². The predicted octanol–water partition coefficient (Wildman–Crippen LogP) is -1.40. The Morgan fingerprint density at radius 3 is 2.79 bits per heavy atom. The van der Waals surface area contributed by atoms with Crippen LogP contribution >= 0.6 is 0 Å². The van der Waals surface area contributed by atoms with Crippen LogP contribution in [0.25, 0.3) is 0 Å². The van der Waals surface area contributed by atoms with Gasteiger partial charge in [0.1, 0.15) is 0 Å². The molecule has 0 aromatic rings. The van der Waals surface area contributed by atoms with Crippen LogP contribution in [-0.4, -0.2) is 37.5 Å². The average molecular weight is 197 g/mol. The molecule has 14 heavy (non-hydrogen) atoms. The van der Waals surface area contributed by atoms with Crippen molar-refractivity contribution in [3.8, 4) is 0 Å². The molecule has 3 N–H and O–H groups in total. The summed E-state index contributed by atoms with van der Waals surface area (Å²) in [6, 6.07) is 0.271. The fraction of sp³-hybridized carbons (Fsp3) is 0.778. The van der Waals surface area contributed by atoms with E-state index in [0.717, 1.165) is 19.5 Å². The van der Waals surface area contributed by atoms with Crippen molar-refractivity contribution >= 4 is 11.8 Å². The lowest BCUT2D eigenvalue weighted by molar-refractivity contribution is -0.133. The molecule has 2 fully saturated rings. The highest BCUT2D eigenvalue weighted by Gasteiger charge is 2.28. The van der Waals surface area contributed by atoms with Crippen molar-refractivity contribution in [3.63, 3.8) is 0 Å². The first-order valence-corrected chi connectivity index (χ1v) is 5.03. The number of piperidine rings is 1. The minimum Gasteiger partial charge on any atom is -0.356 e. The molecular weight excluding hydrogens is 182 g/mol. The molecule has 2 saturated heterocycles. The van der Waals surface area contributed by atoms with E-state index in [0.29, 0.717) is 13.0 Å². The number of amides is 2. The van der Waals surface area contributed by atoms with E-state index in [1.54, 1.807) is 0 Å². The molecule has 0 aromatic carbocycles. The molecule has 0 bridgehead atoms. The molecule has 5 nitrogen and oxygen atoms in total. The first kappa shape index (κ1) is 9.45. The maximum atomic E-state index is 11.6. The fourth-order valence-electron chi connectivity index (χ4n) is 1.72. The summed E-state index contributed by atoms with van der Waals surface area (Å²) in [4.78, 5) is 22.7. The highest BCUT2D eigenvalue weighted by atomic mass is 16.2. The molecule has 2 aliphatic rings. The Labute approximate surface area is 82.6 Å². The van der Waals surface area contributed by atoms with Gasteiger partial charge in [-0.1, -0.05) is 0 Å². The third-order valence-electron chi connectivity index (χ3n) is 2.75. The van der Waals surface area contributed by atoms with Crippen LogP contribution in [0.15, 0.2) is 0 Å². The third kappa shape index (κ3) is 2.04. The lowest BCUT2D eigenvalue weighted by Gasteiger charge is -2.30. The second-order valence-electron chi connectivity index (χ2n) is 3.90. The maximum Gasteiger partial charge on any atom is 0.224 e. The van der Waals surface area contributed by atoms with E-state index in [9.17, 15) is 9.59 Å². The number of hydrogen-bond acceptors (Lipinski definition) is 3. The smallest absolute Gasteiger partial charge is 0.224 e. The first-order chi connectivity index (χ1) is 6.75. The summed E-state index contributed by atoms with van der Waals surface area (Å²) in [6.07, 6.45) is 1.10. The largest absolute Gasteiger partial charge is 0.356 e. The normalized spacial score (nSPS) is 27.7. The molecule has 0 spiro atoms. The summed E-state index contributed by atoms with van der Waals surface area (Å²) in [5.41, 5.74) is 0. The van der Waals surface area contributed by atoms with Crippen molar-refractivity contribution in [3.05, 3.63) is 0 Å². The Morgan fingerprint density at radius 2 is 2.21 bits per heavy atom. The molecule has 2 amide bonds. The van der Waals surface area contributed by atoms with Gasteiger partial charge in [0.15, 0.2) is 0 Å². The van der Waals surface area contributed by atoms with Crippen LogP contribution in [0, 0.1) is 5.92 Å². The summed E-state index contributed by atoms with van der Waals surface area (Å²) in [5, 5.41) is 8.73. The summed E-state index contributed by atoms with van der Waals surface area (Å²) >= 11 is 0. The highest BCUT2D eigenvalue weighted by molar-refractivity contribution is 5.87. The van der Waals surface area contributed by atoms with Gasteiger partial charge in [-0.15, -0.1) is 0 Å². The van der Waals surface area contributed by atoms with Crippen LogP contribution in [0.4, 0.5) is 0 Å². The molecule has 0 radical (unpaired) electrons. The minimum absolute atomic E-state index is 0.0110. The van der Waals surface area contributed by atoms with Crippen LogP contribution in [0.5, 0.6) is 0 Å². The molecule has 1 atom stereocenters. The molecule has 0 aliphatic carbocycles. The van der Waals surface area contributed by atoms with Gasteiger partial charge in [-0.25, -0.2) is 0 Å². The Morgan fingerprint density at radius 1 is 1.43 bits per heavy atom. The molecule has 2 heterocycles. The van der Waals surface area contributed by atoms with Gasteiger partial charge in [0, 0.05) is 32.0 Å².